The SMILES string of the molecule is O=S(=O)(c1ccc(CN(Cc2ccc(Cl)cc2)C2CC2)cc1)C(F)F. The number of halogens is 3. The highest BCUT2D eigenvalue weighted by atomic mass is 35.5. The largest absolute Gasteiger partial charge is 0.341 e. The Labute approximate surface area is 151 Å². The Kier molecular flexibility index (Phi) is 5.41. The highest BCUT2D eigenvalue weighted by Gasteiger charge is 2.29. The Bertz CT molecular complexity index is 819. The summed E-state index contributed by atoms with van der Waals surface area (Å²) in [6.07, 6.45) is 2.26. The van der Waals surface area contributed by atoms with E-state index in [-0.39, 0.29) is 4.90 Å². The minimum Gasteiger partial charge on any atom is -0.292 e. The summed E-state index contributed by atoms with van der Waals surface area (Å²) < 4.78 is 48.1. The predicted octanol–water partition coefficient (Wildman–Crippen LogP) is 4.50. The third-order valence-electron chi connectivity index (χ3n) is 4.23. The van der Waals surface area contributed by atoms with Crippen molar-refractivity contribution < 1.29 is 17.2 Å². The number of sulfone groups is 1. The quantitative estimate of drug-likeness (QED) is 0.704. The number of alkyl halides is 2. The van der Waals surface area contributed by atoms with Crippen LogP contribution in [0.2, 0.25) is 5.02 Å². The zero-order valence-corrected chi connectivity index (χ0v) is 15.0. The maximum Gasteiger partial charge on any atom is 0.341 e. The molecule has 0 bridgehead atoms. The smallest absolute Gasteiger partial charge is 0.292 e. The molecule has 2 aromatic carbocycles. The Hall–Kier alpha value is -1.50. The number of hydrogen-bond acceptors (Lipinski definition) is 3. The first kappa shape index (κ1) is 18.3. The third kappa shape index (κ3) is 4.57. The van der Waals surface area contributed by atoms with E-state index in [9.17, 15) is 17.2 Å². The maximum absolute atomic E-state index is 12.6. The van der Waals surface area contributed by atoms with Gasteiger partial charge < -0.3 is 0 Å². The van der Waals surface area contributed by atoms with Gasteiger partial charge in [-0.2, -0.15) is 8.78 Å². The van der Waals surface area contributed by atoms with Gasteiger partial charge in [-0.25, -0.2) is 8.42 Å². The molecular weight excluding hydrogens is 368 g/mol. The zero-order chi connectivity index (χ0) is 18.0. The number of hydrogen-bond donors (Lipinski definition) is 0. The van der Waals surface area contributed by atoms with E-state index in [1.165, 1.54) is 12.1 Å². The second kappa shape index (κ2) is 7.40. The molecular formula is C18H18ClF2NO2S. The topological polar surface area (TPSA) is 37.4 Å². The fourth-order valence-electron chi connectivity index (χ4n) is 2.70. The molecule has 1 aliphatic rings. The number of rotatable bonds is 7. The van der Waals surface area contributed by atoms with E-state index >= 15 is 0 Å². The summed E-state index contributed by atoms with van der Waals surface area (Å²) in [4.78, 5) is 1.96. The van der Waals surface area contributed by atoms with Gasteiger partial charge in [-0.15, -0.1) is 0 Å². The van der Waals surface area contributed by atoms with Gasteiger partial charge in [0.15, 0.2) is 0 Å². The monoisotopic (exact) mass is 385 g/mol. The molecule has 7 heteroatoms. The number of benzene rings is 2. The van der Waals surface area contributed by atoms with Gasteiger partial charge in [-0.05, 0) is 48.2 Å². The second-order valence-corrected chi connectivity index (χ2v) is 8.57. The molecule has 134 valence electrons. The zero-order valence-electron chi connectivity index (χ0n) is 13.4. The first-order valence-electron chi connectivity index (χ1n) is 7.96. The van der Waals surface area contributed by atoms with E-state index in [2.05, 4.69) is 4.90 Å². The second-order valence-electron chi connectivity index (χ2n) is 6.21. The van der Waals surface area contributed by atoms with Crippen molar-refractivity contribution in [2.45, 2.75) is 42.6 Å². The van der Waals surface area contributed by atoms with Crippen molar-refractivity contribution in [2.75, 3.05) is 0 Å². The maximum atomic E-state index is 12.6. The van der Waals surface area contributed by atoms with Crippen molar-refractivity contribution in [3.63, 3.8) is 0 Å². The molecule has 3 nitrogen and oxygen atoms in total. The van der Waals surface area contributed by atoms with Gasteiger partial charge in [0.2, 0.25) is 9.84 Å². The van der Waals surface area contributed by atoms with Crippen LogP contribution in [0, 0.1) is 0 Å². The molecule has 1 saturated carbocycles. The van der Waals surface area contributed by atoms with Crippen LogP contribution in [0.1, 0.15) is 24.0 Å². The Morgan fingerprint density at radius 3 is 1.88 bits per heavy atom. The minimum atomic E-state index is -4.54. The van der Waals surface area contributed by atoms with Gasteiger partial charge in [0.05, 0.1) is 4.90 Å². The molecule has 0 atom stereocenters. The van der Waals surface area contributed by atoms with E-state index in [0.29, 0.717) is 17.6 Å². The first-order chi connectivity index (χ1) is 11.9. The lowest BCUT2D eigenvalue weighted by Gasteiger charge is -2.22. The standard InChI is InChI=1S/C18H18ClF2NO2S/c19-15-5-1-13(2-6-15)11-22(16-7-8-16)12-14-3-9-17(10-4-14)25(23,24)18(20)21/h1-6,9-10,16,18H,7-8,11-12H2. The van der Waals surface area contributed by atoms with Gasteiger partial charge >= 0.3 is 5.76 Å². The molecule has 3 rings (SSSR count). The van der Waals surface area contributed by atoms with E-state index in [4.69, 9.17) is 11.6 Å². The third-order valence-corrected chi connectivity index (χ3v) is 5.88. The van der Waals surface area contributed by atoms with Crippen LogP contribution < -0.4 is 0 Å². The highest BCUT2D eigenvalue weighted by Crippen LogP contribution is 2.30. The van der Waals surface area contributed by atoms with Crippen molar-refractivity contribution in [3.8, 4) is 0 Å². The predicted molar refractivity (Wildman–Crippen MR) is 93.4 cm³/mol. The van der Waals surface area contributed by atoms with Crippen LogP contribution in [0.5, 0.6) is 0 Å². The van der Waals surface area contributed by atoms with Crippen molar-refractivity contribution in [3.05, 3.63) is 64.7 Å². The molecule has 1 fully saturated rings. The van der Waals surface area contributed by atoms with Crippen molar-refractivity contribution in [2.24, 2.45) is 0 Å². The lowest BCUT2D eigenvalue weighted by atomic mass is 10.1. The molecule has 0 spiro atoms. The highest BCUT2D eigenvalue weighted by molar-refractivity contribution is 7.91. The summed E-state index contributed by atoms with van der Waals surface area (Å²) in [5.41, 5.74) is 2.04. The molecule has 2 aromatic rings. The van der Waals surface area contributed by atoms with Crippen LogP contribution in [0.4, 0.5) is 8.78 Å². The molecule has 0 unspecified atom stereocenters. The van der Waals surface area contributed by atoms with Gasteiger partial charge in [-0.3, -0.25) is 4.90 Å². The van der Waals surface area contributed by atoms with E-state index in [1.807, 2.05) is 24.3 Å². The van der Waals surface area contributed by atoms with Crippen LogP contribution in [0.3, 0.4) is 0 Å². The lowest BCUT2D eigenvalue weighted by Crippen LogP contribution is -2.25. The molecule has 0 aromatic heterocycles. The van der Waals surface area contributed by atoms with E-state index < -0.39 is 15.6 Å². The van der Waals surface area contributed by atoms with Gasteiger partial charge in [0.1, 0.15) is 0 Å². The Morgan fingerprint density at radius 2 is 1.44 bits per heavy atom. The minimum absolute atomic E-state index is 0.345. The molecule has 25 heavy (non-hydrogen) atoms. The van der Waals surface area contributed by atoms with Crippen LogP contribution >= 0.6 is 11.6 Å². The van der Waals surface area contributed by atoms with E-state index in [0.717, 1.165) is 30.5 Å². The normalized spacial score (nSPS) is 15.1. The Morgan fingerprint density at radius 1 is 0.960 bits per heavy atom. The van der Waals surface area contributed by atoms with Crippen molar-refractivity contribution in [1.29, 1.82) is 0 Å². The Balaban J connectivity index is 1.71. The summed E-state index contributed by atoms with van der Waals surface area (Å²) in [5, 5.41) is 0.692. The summed E-state index contributed by atoms with van der Waals surface area (Å²) in [6, 6.07) is 13.9. The molecule has 0 aliphatic heterocycles. The summed E-state index contributed by atoms with van der Waals surface area (Å²) >= 11 is 5.91. The average Bonchev–Trinajstić information content (AvgIpc) is 3.41. The molecule has 0 saturated heterocycles. The molecule has 0 amide bonds. The van der Waals surface area contributed by atoms with Gasteiger partial charge in [-0.1, -0.05) is 35.9 Å². The van der Waals surface area contributed by atoms with Gasteiger partial charge in [0.25, 0.3) is 0 Å². The number of nitrogens with zero attached hydrogens (tertiary/aromatic N) is 1. The summed E-state index contributed by atoms with van der Waals surface area (Å²) in [5.74, 6) is -3.40. The van der Waals surface area contributed by atoms with Crippen LogP contribution in [-0.4, -0.2) is 25.1 Å². The molecule has 0 radical (unpaired) electrons. The van der Waals surface area contributed by atoms with Crippen LogP contribution in [-0.2, 0) is 22.9 Å². The average molecular weight is 386 g/mol. The van der Waals surface area contributed by atoms with E-state index in [1.54, 1.807) is 12.1 Å². The van der Waals surface area contributed by atoms with Crippen LogP contribution in [0.15, 0.2) is 53.4 Å². The first-order valence-corrected chi connectivity index (χ1v) is 9.88. The fraction of sp³-hybridized carbons (Fsp3) is 0.333. The summed E-state index contributed by atoms with van der Waals surface area (Å²) in [7, 11) is -4.54. The van der Waals surface area contributed by atoms with Crippen molar-refractivity contribution in [1.82, 2.24) is 4.90 Å². The lowest BCUT2D eigenvalue weighted by molar-refractivity contribution is 0.234. The molecule has 0 heterocycles. The summed E-state index contributed by atoms with van der Waals surface area (Å²) in [6.45, 7) is 1.40. The molecule has 0 N–H and O–H groups in total. The molecule has 1 aliphatic carbocycles. The van der Waals surface area contributed by atoms with Crippen LogP contribution in [0.25, 0.3) is 0 Å². The fourth-order valence-corrected chi connectivity index (χ4v) is 3.55. The van der Waals surface area contributed by atoms with Gasteiger partial charge in [0, 0.05) is 24.2 Å². The van der Waals surface area contributed by atoms with Crippen molar-refractivity contribution >= 4 is 21.4 Å².